The van der Waals surface area contributed by atoms with Gasteiger partial charge in [-0.1, -0.05) is 17.2 Å². The van der Waals surface area contributed by atoms with Gasteiger partial charge in [-0.15, -0.1) is 0 Å². The quantitative estimate of drug-likeness (QED) is 0.518. The second-order valence-electron chi connectivity index (χ2n) is 4.36. The molecule has 0 aliphatic heterocycles. The SMILES string of the molecule is CC1=C(C)C2(C=CC(=O)CC2)CC1. The van der Waals surface area contributed by atoms with Crippen LogP contribution in [0.2, 0.25) is 0 Å². The fraction of sp³-hybridized carbons (Fsp3) is 0.583. The number of ketones is 1. The fourth-order valence-corrected chi connectivity index (χ4v) is 2.50. The summed E-state index contributed by atoms with van der Waals surface area (Å²) in [5, 5.41) is 0. The van der Waals surface area contributed by atoms with Crippen molar-refractivity contribution in [2.75, 3.05) is 0 Å². The van der Waals surface area contributed by atoms with E-state index in [-0.39, 0.29) is 5.41 Å². The van der Waals surface area contributed by atoms with Crippen molar-refractivity contribution in [1.29, 1.82) is 0 Å². The van der Waals surface area contributed by atoms with E-state index in [1.54, 1.807) is 6.08 Å². The van der Waals surface area contributed by atoms with E-state index in [0.717, 1.165) is 12.8 Å². The summed E-state index contributed by atoms with van der Waals surface area (Å²) in [6, 6.07) is 0. The van der Waals surface area contributed by atoms with Gasteiger partial charge in [0, 0.05) is 11.8 Å². The molecule has 0 bridgehead atoms. The smallest absolute Gasteiger partial charge is 0.155 e. The number of carbonyl (C=O) groups excluding carboxylic acids is 1. The van der Waals surface area contributed by atoms with Crippen molar-refractivity contribution in [3.8, 4) is 0 Å². The summed E-state index contributed by atoms with van der Waals surface area (Å²) < 4.78 is 0. The van der Waals surface area contributed by atoms with Crippen molar-refractivity contribution in [2.45, 2.75) is 39.5 Å². The first-order valence-electron chi connectivity index (χ1n) is 5.03. The Balaban J connectivity index is 2.34. The van der Waals surface area contributed by atoms with Gasteiger partial charge in [-0.25, -0.2) is 0 Å². The lowest BCUT2D eigenvalue weighted by Crippen LogP contribution is -2.21. The van der Waals surface area contributed by atoms with Gasteiger partial charge in [0.2, 0.25) is 0 Å². The summed E-state index contributed by atoms with van der Waals surface area (Å²) in [5.74, 6) is 0.294. The van der Waals surface area contributed by atoms with Crippen molar-refractivity contribution in [1.82, 2.24) is 0 Å². The van der Waals surface area contributed by atoms with E-state index in [4.69, 9.17) is 0 Å². The average Bonchev–Trinajstić information content (AvgIpc) is 2.40. The highest BCUT2D eigenvalue weighted by Gasteiger charge is 2.36. The first kappa shape index (κ1) is 8.74. The van der Waals surface area contributed by atoms with Gasteiger partial charge in [-0.2, -0.15) is 0 Å². The van der Waals surface area contributed by atoms with E-state index in [2.05, 4.69) is 19.9 Å². The maximum absolute atomic E-state index is 11.1. The Morgan fingerprint density at radius 3 is 2.38 bits per heavy atom. The van der Waals surface area contributed by atoms with Crippen molar-refractivity contribution in [3.05, 3.63) is 23.3 Å². The molecule has 0 amide bonds. The van der Waals surface area contributed by atoms with E-state index in [1.807, 2.05) is 0 Å². The van der Waals surface area contributed by atoms with Crippen molar-refractivity contribution in [2.24, 2.45) is 5.41 Å². The molecular weight excluding hydrogens is 160 g/mol. The van der Waals surface area contributed by atoms with Crippen LogP contribution in [0.1, 0.15) is 39.5 Å². The normalized spacial score (nSPS) is 33.5. The number of hydrogen-bond donors (Lipinski definition) is 0. The molecule has 0 radical (unpaired) electrons. The Hall–Kier alpha value is -0.850. The monoisotopic (exact) mass is 176 g/mol. The molecule has 1 spiro atoms. The highest BCUT2D eigenvalue weighted by atomic mass is 16.1. The summed E-state index contributed by atoms with van der Waals surface area (Å²) >= 11 is 0. The molecule has 70 valence electrons. The maximum Gasteiger partial charge on any atom is 0.155 e. The molecule has 1 unspecified atom stereocenters. The summed E-state index contributed by atoms with van der Waals surface area (Å²) in [6.45, 7) is 4.44. The molecule has 1 heteroatoms. The van der Waals surface area contributed by atoms with Crippen LogP contribution in [-0.2, 0) is 4.79 Å². The lowest BCUT2D eigenvalue weighted by atomic mass is 9.74. The Kier molecular flexibility index (Phi) is 1.90. The Morgan fingerprint density at radius 1 is 1.23 bits per heavy atom. The van der Waals surface area contributed by atoms with Gasteiger partial charge >= 0.3 is 0 Å². The predicted octanol–water partition coefficient (Wildman–Crippen LogP) is 3.02. The molecule has 0 N–H and O–H groups in total. The van der Waals surface area contributed by atoms with Gasteiger partial charge in [0.25, 0.3) is 0 Å². The highest BCUT2D eigenvalue weighted by Crippen LogP contribution is 2.48. The third-order valence-electron chi connectivity index (χ3n) is 3.74. The fourth-order valence-electron chi connectivity index (χ4n) is 2.50. The Bertz CT molecular complexity index is 309. The Labute approximate surface area is 79.5 Å². The third kappa shape index (κ3) is 1.27. The molecule has 2 aliphatic rings. The zero-order chi connectivity index (χ0) is 9.47. The van der Waals surface area contributed by atoms with Crippen LogP contribution in [0, 0.1) is 5.41 Å². The second kappa shape index (κ2) is 2.83. The minimum absolute atomic E-state index is 0.262. The van der Waals surface area contributed by atoms with E-state index in [1.165, 1.54) is 24.0 Å². The van der Waals surface area contributed by atoms with Gasteiger partial charge in [-0.05, 0) is 39.2 Å². The van der Waals surface area contributed by atoms with E-state index in [9.17, 15) is 4.79 Å². The topological polar surface area (TPSA) is 17.1 Å². The summed E-state index contributed by atoms with van der Waals surface area (Å²) in [7, 11) is 0. The zero-order valence-electron chi connectivity index (χ0n) is 8.39. The molecule has 0 heterocycles. The summed E-state index contributed by atoms with van der Waals surface area (Å²) in [5.41, 5.74) is 3.30. The standard InChI is InChI=1S/C12H16O/c1-9-3-6-12(10(9)2)7-4-11(13)5-8-12/h4,7H,3,5-6,8H2,1-2H3. The van der Waals surface area contributed by atoms with Gasteiger partial charge < -0.3 is 0 Å². The van der Waals surface area contributed by atoms with Gasteiger partial charge in [0.15, 0.2) is 5.78 Å². The number of hydrogen-bond acceptors (Lipinski definition) is 1. The number of carbonyl (C=O) groups is 1. The molecule has 0 saturated carbocycles. The molecule has 0 saturated heterocycles. The zero-order valence-corrected chi connectivity index (χ0v) is 8.39. The third-order valence-corrected chi connectivity index (χ3v) is 3.74. The lowest BCUT2D eigenvalue weighted by molar-refractivity contribution is -0.115. The van der Waals surface area contributed by atoms with Crippen LogP contribution in [0.3, 0.4) is 0 Å². The van der Waals surface area contributed by atoms with Gasteiger partial charge in [0.1, 0.15) is 0 Å². The molecule has 0 aromatic heterocycles. The largest absolute Gasteiger partial charge is 0.295 e. The molecule has 1 atom stereocenters. The molecular formula is C12H16O. The van der Waals surface area contributed by atoms with Crippen LogP contribution in [0.5, 0.6) is 0 Å². The van der Waals surface area contributed by atoms with E-state index in [0.29, 0.717) is 5.78 Å². The van der Waals surface area contributed by atoms with Crippen LogP contribution >= 0.6 is 0 Å². The summed E-state index contributed by atoms with van der Waals surface area (Å²) in [6.07, 6.45) is 8.13. The molecule has 0 aromatic carbocycles. The lowest BCUT2D eigenvalue weighted by Gasteiger charge is -2.30. The Morgan fingerprint density at radius 2 is 1.92 bits per heavy atom. The minimum atomic E-state index is 0.262. The average molecular weight is 176 g/mol. The van der Waals surface area contributed by atoms with Crippen LogP contribution < -0.4 is 0 Å². The minimum Gasteiger partial charge on any atom is -0.295 e. The van der Waals surface area contributed by atoms with Gasteiger partial charge in [0.05, 0.1) is 0 Å². The maximum atomic E-state index is 11.1. The van der Waals surface area contributed by atoms with E-state index < -0.39 is 0 Å². The van der Waals surface area contributed by atoms with Crippen LogP contribution in [-0.4, -0.2) is 5.78 Å². The molecule has 13 heavy (non-hydrogen) atoms. The van der Waals surface area contributed by atoms with Gasteiger partial charge in [-0.3, -0.25) is 4.79 Å². The molecule has 0 aromatic rings. The van der Waals surface area contributed by atoms with Crippen LogP contribution in [0.4, 0.5) is 0 Å². The van der Waals surface area contributed by atoms with E-state index >= 15 is 0 Å². The molecule has 2 aliphatic carbocycles. The molecule has 1 nitrogen and oxygen atoms in total. The van der Waals surface area contributed by atoms with Crippen LogP contribution in [0.15, 0.2) is 23.3 Å². The van der Waals surface area contributed by atoms with Crippen molar-refractivity contribution in [3.63, 3.8) is 0 Å². The van der Waals surface area contributed by atoms with Crippen molar-refractivity contribution < 1.29 is 4.79 Å². The number of rotatable bonds is 0. The summed E-state index contributed by atoms with van der Waals surface area (Å²) in [4.78, 5) is 11.1. The van der Waals surface area contributed by atoms with Crippen LogP contribution in [0.25, 0.3) is 0 Å². The second-order valence-corrected chi connectivity index (χ2v) is 4.36. The predicted molar refractivity (Wildman–Crippen MR) is 53.4 cm³/mol. The molecule has 2 rings (SSSR count). The molecule has 0 fully saturated rings. The number of allylic oxidation sites excluding steroid dienone is 4. The first-order chi connectivity index (χ1) is 6.14. The highest BCUT2D eigenvalue weighted by molar-refractivity contribution is 5.90. The van der Waals surface area contributed by atoms with Crippen molar-refractivity contribution >= 4 is 5.78 Å². The first-order valence-corrected chi connectivity index (χ1v) is 5.03.